The van der Waals surface area contributed by atoms with E-state index in [-0.39, 0.29) is 16.2 Å². The van der Waals surface area contributed by atoms with Crippen LogP contribution >= 0.6 is 11.6 Å². The molecule has 8 heteroatoms. The molecule has 158 valence electrons. The summed E-state index contributed by atoms with van der Waals surface area (Å²) in [7, 11) is 3.00. The smallest absolute Gasteiger partial charge is 0.300 e. The molecule has 1 amide bonds. The Hall–Kier alpha value is -3.71. The molecule has 1 aromatic heterocycles. The summed E-state index contributed by atoms with van der Waals surface area (Å²) in [6.07, 6.45) is 1.43. The van der Waals surface area contributed by atoms with Crippen LogP contribution in [0.1, 0.15) is 17.4 Å². The third-order valence-corrected chi connectivity index (χ3v) is 5.37. The van der Waals surface area contributed by atoms with Gasteiger partial charge in [0.15, 0.2) is 0 Å². The van der Waals surface area contributed by atoms with Crippen molar-refractivity contribution < 1.29 is 28.6 Å². The molecular weight excluding hydrogens is 422 g/mol. The van der Waals surface area contributed by atoms with Gasteiger partial charge >= 0.3 is 0 Å². The van der Waals surface area contributed by atoms with E-state index in [9.17, 15) is 14.7 Å². The number of benzene rings is 2. The van der Waals surface area contributed by atoms with Crippen molar-refractivity contribution in [2.45, 2.75) is 6.04 Å². The Morgan fingerprint density at radius 3 is 2.32 bits per heavy atom. The molecule has 3 aromatic rings. The number of nitrogens with zero attached hydrogens (tertiary/aromatic N) is 1. The monoisotopic (exact) mass is 439 g/mol. The summed E-state index contributed by atoms with van der Waals surface area (Å²) in [6.45, 7) is 0. The molecule has 1 N–H and O–H groups in total. The van der Waals surface area contributed by atoms with Crippen LogP contribution in [0, 0.1) is 0 Å². The van der Waals surface area contributed by atoms with Crippen LogP contribution in [0.5, 0.6) is 11.5 Å². The molecule has 1 fully saturated rings. The van der Waals surface area contributed by atoms with Gasteiger partial charge in [0, 0.05) is 11.3 Å². The van der Waals surface area contributed by atoms with Gasteiger partial charge in [0.25, 0.3) is 11.7 Å². The lowest BCUT2D eigenvalue weighted by Gasteiger charge is -2.23. The van der Waals surface area contributed by atoms with Gasteiger partial charge in [0.05, 0.1) is 31.1 Å². The SMILES string of the molecule is COc1ccc(N2C(=O)C(=O)/C(=C(\O)c3cc(OC)ccc3Cl)C2c2ccco2)cc1. The molecule has 0 spiro atoms. The number of methoxy groups -OCH3 is 2. The van der Waals surface area contributed by atoms with Crippen LogP contribution in [-0.4, -0.2) is 31.0 Å². The summed E-state index contributed by atoms with van der Waals surface area (Å²) >= 11 is 6.27. The average Bonchev–Trinajstić information content (AvgIpc) is 3.41. The predicted molar refractivity (Wildman–Crippen MR) is 114 cm³/mol. The van der Waals surface area contributed by atoms with E-state index in [0.29, 0.717) is 22.9 Å². The standard InChI is InChI=1S/C23H18ClNO6/c1-29-14-7-5-13(6-8-14)25-20(18-4-3-11-31-18)19(22(27)23(25)28)21(26)16-12-15(30-2)9-10-17(16)24/h3-12,20,26H,1-2H3/b21-19-. The number of ether oxygens (including phenoxy) is 2. The zero-order valence-electron chi connectivity index (χ0n) is 16.7. The summed E-state index contributed by atoms with van der Waals surface area (Å²) in [6, 6.07) is 13.6. The fraction of sp³-hybridized carbons (Fsp3) is 0.130. The molecule has 1 aliphatic rings. The molecule has 0 aliphatic carbocycles. The molecular formula is C23H18ClNO6. The van der Waals surface area contributed by atoms with E-state index in [4.69, 9.17) is 25.5 Å². The Kier molecular flexibility index (Phi) is 5.44. The first-order valence-electron chi connectivity index (χ1n) is 9.28. The summed E-state index contributed by atoms with van der Waals surface area (Å²) in [5, 5.41) is 11.3. The van der Waals surface area contributed by atoms with E-state index in [1.54, 1.807) is 42.5 Å². The van der Waals surface area contributed by atoms with Gasteiger partial charge in [0.2, 0.25) is 0 Å². The Morgan fingerprint density at radius 2 is 1.71 bits per heavy atom. The van der Waals surface area contributed by atoms with Crippen LogP contribution < -0.4 is 14.4 Å². The summed E-state index contributed by atoms with van der Waals surface area (Å²) in [5.41, 5.74) is 0.483. The zero-order valence-corrected chi connectivity index (χ0v) is 17.4. The topological polar surface area (TPSA) is 89.2 Å². The molecule has 31 heavy (non-hydrogen) atoms. The minimum atomic E-state index is -0.981. The molecule has 4 rings (SSSR count). The van der Waals surface area contributed by atoms with Crippen LogP contribution in [0.15, 0.2) is 70.9 Å². The van der Waals surface area contributed by atoms with Gasteiger partial charge in [-0.2, -0.15) is 0 Å². The number of ketones is 1. The summed E-state index contributed by atoms with van der Waals surface area (Å²) in [5.74, 6) is -0.723. The van der Waals surface area contributed by atoms with Crippen molar-refractivity contribution in [1.82, 2.24) is 0 Å². The molecule has 1 unspecified atom stereocenters. The zero-order chi connectivity index (χ0) is 22.1. The first kappa shape index (κ1) is 20.6. The highest BCUT2D eigenvalue weighted by molar-refractivity contribution is 6.51. The summed E-state index contributed by atoms with van der Waals surface area (Å²) < 4.78 is 15.9. The van der Waals surface area contributed by atoms with Crippen molar-refractivity contribution in [1.29, 1.82) is 0 Å². The molecule has 0 radical (unpaired) electrons. The highest BCUT2D eigenvalue weighted by atomic mass is 35.5. The van der Waals surface area contributed by atoms with Crippen molar-refractivity contribution >= 4 is 34.7 Å². The van der Waals surface area contributed by atoms with Crippen LogP contribution in [-0.2, 0) is 9.59 Å². The molecule has 1 saturated heterocycles. The highest BCUT2D eigenvalue weighted by Crippen LogP contribution is 2.43. The van der Waals surface area contributed by atoms with E-state index in [0.717, 1.165) is 0 Å². The number of aliphatic hydroxyl groups excluding tert-OH is 1. The van der Waals surface area contributed by atoms with Crippen LogP contribution in [0.3, 0.4) is 0 Å². The third kappa shape index (κ3) is 3.53. The number of furan rings is 1. The number of hydrogen-bond donors (Lipinski definition) is 1. The van der Waals surface area contributed by atoms with Crippen molar-refractivity contribution in [3.05, 3.63) is 82.8 Å². The normalized spacial score (nSPS) is 17.8. The van der Waals surface area contributed by atoms with Gasteiger partial charge in [-0.05, 0) is 54.6 Å². The van der Waals surface area contributed by atoms with Gasteiger partial charge in [-0.25, -0.2) is 0 Å². The van der Waals surface area contributed by atoms with Gasteiger partial charge < -0.3 is 19.0 Å². The Bertz CT molecular complexity index is 1170. The van der Waals surface area contributed by atoms with E-state index in [1.807, 2.05) is 0 Å². The largest absolute Gasteiger partial charge is 0.507 e. The minimum Gasteiger partial charge on any atom is -0.507 e. The predicted octanol–water partition coefficient (Wildman–Crippen LogP) is 4.58. The van der Waals surface area contributed by atoms with E-state index < -0.39 is 23.5 Å². The Balaban J connectivity index is 1.92. The summed E-state index contributed by atoms with van der Waals surface area (Å²) in [4.78, 5) is 27.3. The average molecular weight is 440 g/mol. The number of amides is 1. The lowest BCUT2D eigenvalue weighted by atomic mass is 9.99. The maximum Gasteiger partial charge on any atom is 0.300 e. The van der Waals surface area contributed by atoms with Crippen molar-refractivity contribution in [3.63, 3.8) is 0 Å². The lowest BCUT2D eigenvalue weighted by Crippen LogP contribution is -2.29. The molecule has 2 heterocycles. The van der Waals surface area contributed by atoms with Gasteiger partial charge in [0.1, 0.15) is 29.1 Å². The van der Waals surface area contributed by atoms with Crippen molar-refractivity contribution in [2.75, 3.05) is 19.1 Å². The van der Waals surface area contributed by atoms with Crippen molar-refractivity contribution in [2.24, 2.45) is 0 Å². The number of Topliss-reactive ketones (excluding diaryl/α,β-unsaturated/α-hetero) is 1. The molecule has 0 bridgehead atoms. The number of carbonyl (C=O) groups is 2. The van der Waals surface area contributed by atoms with Crippen molar-refractivity contribution in [3.8, 4) is 11.5 Å². The second kappa shape index (κ2) is 8.20. The fourth-order valence-electron chi connectivity index (χ4n) is 3.52. The number of carbonyl (C=O) groups excluding carboxylic acids is 2. The first-order chi connectivity index (χ1) is 15.0. The first-order valence-corrected chi connectivity index (χ1v) is 9.66. The van der Waals surface area contributed by atoms with Crippen LogP contribution in [0.4, 0.5) is 5.69 Å². The minimum absolute atomic E-state index is 0.133. The Morgan fingerprint density at radius 1 is 1.03 bits per heavy atom. The van der Waals surface area contributed by atoms with E-state index in [1.165, 1.54) is 37.5 Å². The highest BCUT2D eigenvalue weighted by Gasteiger charge is 2.48. The van der Waals surface area contributed by atoms with Crippen LogP contribution in [0.25, 0.3) is 5.76 Å². The van der Waals surface area contributed by atoms with E-state index in [2.05, 4.69) is 0 Å². The molecule has 2 aromatic carbocycles. The number of anilines is 1. The molecule has 7 nitrogen and oxygen atoms in total. The van der Waals surface area contributed by atoms with Crippen LogP contribution in [0.2, 0.25) is 5.02 Å². The second-order valence-electron chi connectivity index (χ2n) is 6.73. The van der Waals surface area contributed by atoms with Gasteiger partial charge in [-0.1, -0.05) is 11.6 Å². The number of rotatable bonds is 5. The number of hydrogen-bond acceptors (Lipinski definition) is 6. The van der Waals surface area contributed by atoms with E-state index >= 15 is 0 Å². The van der Waals surface area contributed by atoms with Gasteiger partial charge in [-0.3, -0.25) is 14.5 Å². The molecule has 0 saturated carbocycles. The number of aliphatic hydroxyl groups is 1. The molecule has 1 atom stereocenters. The van der Waals surface area contributed by atoms with Gasteiger partial charge in [-0.15, -0.1) is 0 Å². The maximum atomic E-state index is 13.0. The fourth-order valence-corrected chi connectivity index (χ4v) is 3.72. The quantitative estimate of drug-likeness (QED) is 0.355. The number of halogens is 1. The third-order valence-electron chi connectivity index (χ3n) is 5.04. The molecule has 1 aliphatic heterocycles. The lowest BCUT2D eigenvalue weighted by molar-refractivity contribution is -0.132. The Labute approximate surface area is 183 Å². The second-order valence-corrected chi connectivity index (χ2v) is 7.14. The maximum absolute atomic E-state index is 13.0.